The van der Waals surface area contributed by atoms with Crippen LogP contribution in [0.15, 0.2) is 46.9 Å². The smallest absolute Gasteiger partial charge is 0.410 e. The Morgan fingerprint density at radius 1 is 1.17 bits per heavy atom. The van der Waals surface area contributed by atoms with Crippen molar-refractivity contribution >= 4 is 22.0 Å². The first-order chi connectivity index (χ1) is 11.5. The minimum absolute atomic E-state index is 0.0285. The number of ether oxygens (including phenoxy) is 1. The zero-order valence-corrected chi connectivity index (χ0v) is 14.4. The fraction of sp³-hybridized carbons (Fsp3) is 0.235. The molecule has 0 aromatic heterocycles. The second-order valence-electron chi connectivity index (χ2n) is 5.11. The van der Waals surface area contributed by atoms with Gasteiger partial charge in [0.05, 0.1) is 11.0 Å². The number of nitrogens with two attached hydrogens (primary N) is 1. The van der Waals surface area contributed by atoms with Crippen LogP contribution in [0.4, 0.5) is 13.6 Å². The number of nitrogens with zero attached hydrogens (tertiary/aromatic N) is 1. The molecule has 0 saturated carbocycles. The summed E-state index contributed by atoms with van der Waals surface area (Å²) in [5, 5.41) is 0. The van der Waals surface area contributed by atoms with Crippen LogP contribution in [0.5, 0.6) is 0 Å². The van der Waals surface area contributed by atoms with Gasteiger partial charge in [-0.2, -0.15) is 0 Å². The van der Waals surface area contributed by atoms with E-state index >= 15 is 0 Å². The minimum Gasteiger partial charge on any atom is -0.445 e. The molecule has 2 aromatic rings. The van der Waals surface area contributed by atoms with Crippen LogP contribution in [0.3, 0.4) is 0 Å². The highest BCUT2D eigenvalue weighted by atomic mass is 79.9. The number of carbonyl (C=O) groups is 1. The normalized spacial score (nSPS) is 10.5. The molecule has 0 bridgehead atoms. The van der Waals surface area contributed by atoms with Gasteiger partial charge in [-0.05, 0) is 33.6 Å². The van der Waals surface area contributed by atoms with Gasteiger partial charge in [0.1, 0.15) is 18.2 Å². The summed E-state index contributed by atoms with van der Waals surface area (Å²) in [6.45, 7) is 0.324. The zero-order chi connectivity index (χ0) is 17.5. The highest BCUT2D eigenvalue weighted by molar-refractivity contribution is 9.10. The molecule has 0 spiro atoms. The van der Waals surface area contributed by atoms with Gasteiger partial charge in [0.25, 0.3) is 0 Å². The molecule has 2 rings (SSSR count). The van der Waals surface area contributed by atoms with Gasteiger partial charge in [0, 0.05) is 18.7 Å². The average molecular weight is 399 g/mol. The van der Waals surface area contributed by atoms with E-state index in [9.17, 15) is 13.6 Å². The number of carbonyl (C=O) groups excluding carboxylic acids is 1. The van der Waals surface area contributed by atoms with E-state index in [4.69, 9.17) is 10.5 Å². The topological polar surface area (TPSA) is 55.6 Å². The lowest BCUT2D eigenvalue weighted by atomic mass is 10.2. The molecule has 0 atom stereocenters. The Morgan fingerprint density at radius 2 is 1.88 bits per heavy atom. The van der Waals surface area contributed by atoms with Crippen molar-refractivity contribution in [3.8, 4) is 0 Å². The molecule has 2 aromatic carbocycles. The van der Waals surface area contributed by atoms with Crippen LogP contribution in [-0.2, 0) is 17.9 Å². The van der Waals surface area contributed by atoms with Crippen LogP contribution >= 0.6 is 15.9 Å². The van der Waals surface area contributed by atoms with Crippen molar-refractivity contribution < 1.29 is 18.3 Å². The predicted octanol–water partition coefficient (Wildman–Crippen LogP) is 3.82. The summed E-state index contributed by atoms with van der Waals surface area (Å²) in [5.74, 6) is -1.21. The minimum atomic E-state index is -0.632. The molecule has 0 fully saturated rings. The molecule has 4 nitrogen and oxygen atoms in total. The largest absolute Gasteiger partial charge is 0.445 e. The maximum absolute atomic E-state index is 13.9. The van der Waals surface area contributed by atoms with Crippen molar-refractivity contribution in [3.63, 3.8) is 0 Å². The van der Waals surface area contributed by atoms with Crippen LogP contribution in [0.1, 0.15) is 11.1 Å². The van der Waals surface area contributed by atoms with E-state index in [-0.39, 0.29) is 36.3 Å². The van der Waals surface area contributed by atoms with E-state index < -0.39 is 17.7 Å². The SMILES string of the molecule is NCCN(Cc1cc(F)c(Br)cc1F)C(=O)OCc1ccccc1. The molecule has 0 heterocycles. The first-order valence-corrected chi connectivity index (χ1v) is 8.09. The number of halogens is 3. The molecule has 0 aliphatic rings. The molecule has 0 aliphatic carbocycles. The van der Waals surface area contributed by atoms with Crippen LogP contribution in [0.2, 0.25) is 0 Å². The van der Waals surface area contributed by atoms with Crippen molar-refractivity contribution in [1.29, 1.82) is 0 Å². The summed E-state index contributed by atoms with van der Waals surface area (Å²) in [6.07, 6.45) is -0.632. The number of rotatable bonds is 6. The monoisotopic (exact) mass is 398 g/mol. The molecule has 0 radical (unpaired) electrons. The Bertz CT molecular complexity index is 698. The lowest BCUT2D eigenvalue weighted by Crippen LogP contribution is -2.35. The van der Waals surface area contributed by atoms with Gasteiger partial charge in [-0.1, -0.05) is 30.3 Å². The first-order valence-electron chi connectivity index (χ1n) is 7.30. The third-order valence-corrected chi connectivity index (χ3v) is 3.92. The molecule has 0 aliphatic heterocycles. The predicted molar refractivity (Wildman–Crippen MR) is 90.1 cm³/mol. The maximum Gasteiger partial charge on any atom is 0.410 e. The van der Waals surface area contributed by atoms with Crippen molar-refractivity contribution in [2.75, 3.05) is 13.1 Å². The van der Waals surface area contributed by atoms with Gasteiger partial charge in [0.2, 0.25) is 0 Å². The lowest BCUT2D eigenvalue weighted by Gasteiger charge is -2.22. The quantitative estimate of drug-likeness (QED) is 0.752. The number of hydrogen-bond donors (Lipinski definition) is 1. The molecule has 2 N–H and O–H groups in total. The maximum atomic E-state index is 13.9. The van der Waals surface area contributed by atoms with Gasteiger partial charge in [-0.15, -0.1) is 0 Å². The average Bonchev–Trinajstić information content (AvgIpc) is 2.58. The fourth-order valence-electron chi connectivity index (χ4n) is 2.09. The highest BCUT2D eigenvalue weighted by Gasteiger charge is 2.18. The summed E-state index contributed by atoms with van der Waals surface area (Å²) in [6, 6.07) is 11.3. The zero-order valence-electron chi connectivity index (χ0n) is 12.8. The highest BCUT2D eigenvalue weighted by Crippen LogP contribution is 2.21. The van der Waals surface area contributed by atoms with E-state index in [1.807, 2.05) is 30.3 Å². The standard InChI is InChI=1S/C17H17BrF2N2O2/c18-14-9-15(19)13(8-16(14)20)10-22(7-6-21)17(23)24-11-12-4-2-1-3-5-12/h1-5,8-9H,6-7,10-11,21H2. The van der Waals surface area contributed by atoms with Gasteiger partial charge in [-0.3, -0.25) is 0 Å². The van der Waals surface area contributed by atoms with E-state index in [0.717, 1.165) is 17.7 Å². The summed E-state index contributed by atoms with van der Waals surface area (Å²) < 4.78 is 32.8. The summed E-state index contributed by atoms with van der Waals surface area (Å²) in [4.78, 5) is 13.4. The molecular formula is C17H17BrF2N2O2. The van der Waals surface area contributed by atoms with Crippen molar-refractivity contribution in [1.82, 2.24) is 4.90 Å². The Labute approximate surface area is 147 Å². The van der Waals surface area contributed by atoms with Gasteiger partial charge in [-0.25, -0.2) is 13.6 Å². The second kappa shape index (κ2) is 8.75. The first kappa shape index (κ1) is 18.4. The second-order valence-corrected chi connectivity index (χ2v) is 5.96. The van der Waals surface area contributed by atoms with Crippen LogP contribution in [0, 0.1) is 11.6 Å². The van der Waals surface area contributed by atoms with Gasteiger partial charge >= 0.3 is 6.09 Å². The van der Waals surface area contributed by atoms with Crippen molar-refractivity contribution in [3.05, 3.63) is 69.7 Å². The van der Waals surface area contributed by atoms with Crippen LogP contribution in [-0.4, -0.2) is 24.1 Å². The molecular weight excluding hydrogens is 382 g/mol. The Hall–Kier alpha value is -1.99. The van der Waals surface area contributed by atoms with E-state index in [0.29, 0.717) is 0 Å². The third kappa shape index (κ3) is 5.01. The number of hydrogen-bond acceptors (Lipinski definition) is 3. The summed E-state index contributed by atoms with van der Waals surface area (Å²) >= 11 is 2.92. The summed E-state index contributed by atoms with van der Waals surface area (Å²) in [7, 11) is 0. The molecule has 1 amide bonds. The van der Waals surface area contributed by atoms with Crippen LogP contribution in [0.25, 0.3) is 0 Å². The molecule has 128 valence electrons. The van der Waals surface area contributed by atoms with Crippen molar-refractivity contribution in [2.24, 2.45) is 5.73 Å². The Morgan fingerprint density at radius 3 is 2.54 bits per heavy atom. The fourth-order valence-corrected chi connectivity index (χ4v) is 2.41. The molecule has 7 heteroatoms. The molecule has 24 heavy (non-hydrogen) atoms. The Balaban J connectivity index is 2.05. The van der Waals surface area contributed by atoms with E-state index in [1.54, 1.807) is 0 Å². The summed E-state index contributed by atoms with van der Waals surface area (Å²) in [5.41, 5.74) is 6.38. The lowest BCUT2D eigenvalue weighted by molar-refractivity contribution is 0.0943. The van der Waals surface area contributed by atoms with E-state index in [2.05, 4.69) is 15.9 Å². The molecule has 0 unspecified atom stereocenters. The van der Waals surface area contributed by atoms with Gasteiger partial charge in [0.15, 0.2) is 0 Å². The van der Waals surface area contributed by atoms with Crippen molar-refractivity contribution in [2.45, 2.75) is 13.2 Å². The van der Waals surface area contributed by atoms with E-state index in [1.165, 1.54) is 4.90 Å². The number of amides is 1. The number of benzene rings is 2. The van der Waals surface area contributed by atoms with Gasteiger partial charge < -0.3 is 15.4 Å². The van der Waals surface area contributed by atoms with Crippen LogP contribution < -0.4 is 5.73 Å². The molecule has 0 saturated heterocycles. The third-order valence-electron chi connectivity index (χ3n) is 3.31. The Kier molecular flexibility index (Phi) is 6.69.